The summed E-state index contributed by atoms with van der Waals surface area (Å²) in [7, 11) is 0. The fourth-order valence-electron chi connectivity index (χ4n) is 2.48. The first-order chi connectivity index (χ1) is 10.7. The molecule has 0 spiro atoms. The molecule has 0 saturated carbocycles. The Hall–Kier alpha value is -2.39. The number of allylic oxidation sites excluding steroid dienone is 1. The van der Waals surface area contributed by atoms with Gasteiger partial charge in [0.2, 0.25) is 0 Å². The molecule has 2 aromatic carbocycles. The van der Waals surface area contributed by atoms with E-state index in [-0.39, 0.29) is 5.56 Å². The van der Waals surface area contributed by atoms with Crippen molar-refractivity contribution in [3.8, 4) is 0 Å². The second-order valence-corrected chi connectivity index (χ2v) is 5.51. The summed E-state index contributed by atoms with van der Waals surface area (Å²) in [5.41, 5.74) is 1.89. The summed E-state index contributed by atoms with van der Waals surface area (Å²) in [6, 6.07) is 15.2. The van der Waals surface area contributed by atoms with Crippen LogP contribution in [0.1, 0.15) is 11.3 Å². The Morgan fingerprint density at radius 1 is 1.09 bits per heavy atom. The molecule has 1 heterocycles. The minimum Gasteiger partial charge on any atom is -0.267 e. The molecule has 0 aliphatic carbocycles. The number of aromatic nitrogens is 2. The predicted molar refractivity (Wildman–Crippen MR) is 90.5 cm³/mol. The molecule has 0 aliphatic heterocycles. The van der Waals surface area contributed by atoms with Crippen molar-refractivity contribution in [2.45, 2.75) is 13.0 Å². The lowest BCUT2D eigenvalue weighted by Gasteiger charge is -2.10. The summed E-state index contributed by atoms with van der Waals surface area (Å²) >= 11 is 5.92. The number of hydrogen-bond donors (Lipinski definition) is 0. The van der Waals surface area contributed by atoms with Crippen molar-refractivity contribution in [2.75, 3.05) is 0 Å². The number of halogens is 1. The van der Waals surface area contributed by atoms with Crippen LogP contribution in [0.4, 0.5) is 0 Å². The average Bonchev–Trinajstić information content (AvgIpc) is 2.54. The Morgan fingerprint density at radius 2 is 1.77 bits per heavy atom. The van der Waals surface area contributed by atoms with Gasteiger partial charge in [-0.1, -0.05) is 48.0 Å². The lowest BCUT2D eigenvalue weighted by molar-refractivity contribution is 0.645. The van der Waals surface area contributed by atoms with E-state index in [9.17, 15) is 4.79 Å². The number of fused-ring (bicyclic) bond motifs is 1. The molecule has 0 amide bonds. The van der Waals surface area contributed by atoms with E-state index in [1.165, 1.54) is 4.68 Å². The van der Waals surface area contributed by atoms with Crippen LogP contribution in [-0.4, -0.2) is 9.78 Å². The zero-order chi connectivity index (χ0) is 15.5. The molecule has 0 bridgehead atoms. The van der Waals surface area contributed by atoms with Gasteiger partial charge in [0.05, 0.1) is 17.6 Å². The van der Waals surface area contributed by atoms with Gasteiger partial charge in [-0.3, -0.25) is 4.79 Å². The molecule has 4 heteroatoms. The molecule has 0 N–H and O–H groups in total. The van der Waals surface area contributed by atoms with E-state index >= 15 is 0 Å². The van der Waals surface area contributed by atoms with E-state index in [1.807, 2.05) is 48.5 Å². The zero-order valence-corrected chi connectivity index (χ0v) is 12.8. The Balaban J connectivity index is 2.15. The van der Waals surface area contributed by atoms with Crippen LogP contribution < -0.4 is 5.56 Å². The van der Waals surface area contributed by atoms with Crippen molar-refractivity contribution in [3.05, 3.63) is 87.8 Å². The van der Waals surface area contributed by atoms with Gasteiger partial charge in [0.15, 0.2) is 0 Å². The van der Waals surface area contributed by atoms with E-state index in [1.54, 1.807) is 6.08 Å². The molecular formula is C18H15ClN2O. The fraction of sp³-hybridized carbons (Fsp3) is 0.111. The van der Waals surface area contributed by atoms with Gasteiger partial charge in [-0.25, -0.2) is 4.68 Å². The molecule has 22 heavy (non-hydrogen) atoms. The molecular weight excluding hydrogens is 296 g/mol. The standard InChI is InChI=1S/C18H15ClN2O/c1-2-11-21-18(22)16-6-4-3-5-15(16)17(20-21)12-13-7-9-14(19)10-8-13/h2-10H,1,11-12H2. The van der Waals surface area contributed by atoms with Gasteiger partial charge in [-0.2, -0.15) is 5.10 Å². The topological polar surface area (TPSA) is 34.9 Å². The van der Waals surface area contributed by atoms with Gasteiger partial charge in [0, 0.05) is 16.8 Å². The maximum absolute atomic E-state index is 12.4. The normalized spacial score (nSPS) is 10.8. The van der Waals surface area contributed by atoms with Crippen LogP contribution in [0.3, 0.4) is 0 Å². The first kappa shape index (κ1) is 14.5. The highest BCUT2D eigenvalue weighted by molar-refractivity contribution is 6.30. The molecule has 1 aromatic heterocycles. The van der Waals surface area contributed by atoms with Crippen LogP contribution in [0.25, 0.3) is 10.8 Å². The van der Waals surface area contributed by atoms with Crippen molar-refractivity contribution >= 4 is 22.4 Å². The molecule has 0 saturated heterocycles. The van der Waals surface area contributed by atoms with Crippen LogP contribution in [0.5, 0.6) is 0 Å². The quantitative estimate of drug-likeness (QED) is 0.687. The fourth-order valence-corrected chi connectivity index (χ4v) is 2.60. The van der Waals surface area contributed by atoms with Crippen LogP contribution in [0.15, 0.2) is 66.0 Å². The van der Waals surface area contributed by atoms with E-state index < -0.39 is 0 Å². The van der Waals surface area contributed by atoms with Crippen LogP contribution in [-0.2, 0) is 13.0 Å². The lowest BCUT2D eigenvalue weighted by atomic mass is 10.0. The van der Waals surface area contributed by atoms with E-state index in [0.717, 1.165) is 16.6 Å². The second-order valence-electron chi connectivity index (χ2n) is 5.07. The molecule has 0 atom stereocenters. The summed E-state index contributed by atoms with van der Waals surface area (Å²) in [4.78, 5) is 12.4. The Labute approximate surface area is 133 Å². The minimum atomic E-state index is -0.0876. The van der Waals surface area contributed by atoms with Crippen LogP contribution >= 0.6 is 11.6 Å². The first-order valence-corrected chi connectivity index (χ1v) is 7.41. The predicted octanol–water partition coefficient (Wildman–Crippen LogP) is 3.83. The third-order valence-corrected chi connectivity index (χ3v) is 3.78. The van der Waals surface area contributed by atoms with Crippen molar-refractivity contribution in [1.82, 2.24) is 9.78 Å². The molecule has 0 aliphatic rings. The van der Waals surface area contributed by atoms with E-state index in [0.29, 0.717) is 23.4 Å². The molecule has 0 unspecified atom stereocenters. The van der Waals surface area contributed by atoms with Crippen molar-refractivity contribution in [3.63, 3.8) is 0 Å². The maximum Gasteiger partial charge on any atom is 0.274 e. The van der Waals surface area contributed by atoms with Gasteiger partial charge >= 0.3 is 0 Å². The Morgan fingerprint density at radius 3 is 2.45 bits per heavy atom. The molecule has 0 radical (unpaired) electrons. The second kappa shape index (κ2) is 6.16. The van der Waals surface area contributed by atoms with E-state index in [2.05, 4.69) is 11.7 Å². The summed E-state index contributed by atoms with van der Waals surface area (Å²) in [6.07, 6.45) is 2.32. The number of hydrogen-bond acceptors (Lipinski definition) is 2. The Kier molecular flexibility index (Phi) is 4.07. The lowest BCUT2D eigenvalue weighted by Crippen LogP contribution is -2.24. The Bertz CT molecular complexity index is 882. The first-order valence-electron chi connectivity index (χ1n) is 7.03. The molecule has 0 fully saturated rings. The number of rotatable bonds is 4. The highest BCUT2D eigenvalue weighted by Crippen LogP contribution is 2.18. The van der Waals surface area contributed by atoms with Gasteiger partial charge in [-0.05, 0) is 23.8 Å². The average molecular weight is 311 g/mol. The van der Waals surface area contributed by atoms with Gasteiger partial charge < -0.3 is 0 Å². The van der Waals surface area contributed by atoms with Gasteiger partial charge in [0.1, 0.15) is 0 Å². The largest absolute Gasteiger partial charge is 0.274 e. The zero-order valence-electron chi connectivity index (χ0n) is 12.0. The third kappa shape index (κ3) is 2.81. The monoisotopic (exact) mass is 310 g/mol. The summed E-state index contributed by atoms with van der Waals surface area (Å²) in [6.45, 7) is 4.09. The van der Waals surface area contributed by atoms with Crippen molar-refractivity contribution in [1.29, 1.82) is 0 Å². The van der Waals surface area contributed by atoms with Gasteiger partial charge in [0.25, 0.3) is 5.56 Å². The highest BCUT2D eigenvalue weighted by atomic mass is 35.5. The summed E-state index contributed by atoms with van der Waals surface area (Å²) in [5, 5.41) is 6.79. The third-order valence-electron chi connectivity index (χ3n) is 3.53. The highest BCUT2D eigenvalue weighted by Gasteiger charge is 2.10. The van der Waals surface area contributed by atoms with Gasteiger partial charge in [-0.15, -0.1) is 6.58 Å². The summed E-state index contributed by atoms with van der Waals surface area (Å²) in [5.74, 6) is 0. The number of nitrogens with zero attached hydrogens (tertiary/aromatic N) is 2. The van der Waals surface area contributed by atoms with Crippen molar-refractivity contribution in [2.24, 2.45) is 0 Å². The number of benzene rings is 2. The molecule has 3 aromatic rings. The van der Waals surface area contributed by atoms with Crippen molar-refractivity contribution < 1.29 is 0 Å². The molecule has 3 rings (SSSR count). The minimum absolute atomic E-state index is 0.0876. The molecule has 3 nitrogen and oxygen atoms in total. The maximum atomic E-state index is 12.4. The van der Waals surface area contributed by atoms with Crippen LogP contribution in [0, 0.1) is 0 Å². The van der Waals surface area contributed by atoms with Crippen LogP contribution in [0.2, 0.25) is 5.02 Å². The summed E-state index contributed by atoms with van der Waals surface area (Å²) < 4.78 is 1.46. The van der Waals surface area contributed by atoms with E-state index in [4.69, 9.17) is 11.6 Å². The smallest absolute Gasteiger partial charge is 0.267 e. The molecule has 110 valence electrons. The SMILES string of the molecule is C=CCn1nc(Cc2ccc(Cl)cc2)c2ccccc2c1=O.